The zero-order valence-electron chi connectivity index (χ0n) is 13.7. The average Bonchev–Trinajstić information content (AvgIpc) is 2.96. The van der Waals surface area contributed by atoms with E-state index in [1.54, 1.807) is 0 Å². The maximum atomic E-state index is 3.64. The van der Waals surface area contributed by atoms with Gasteiger partial charge in [-0.05, 0) is 117 Å². The fourth-order valence-corrected chi connectivity index (χ4v) is 5.06. The van der Waals surface area contributed by atoms with Crippen LogP contribution < -0.4 is 0 Å². The van der Waals surface area contributed by atoms with Crippen LogP contribution in [0.4, 0.5) is 0 Å². The molecule has 0 aromatic heterocycles. The van der Waals surface area contributed by atoms with Gasteiger partial charge in [0.1, 0.15) is 0 Å². The largest absolute Gasteiger partial charge is 0.0616 e. The SMILES string of the molecule is Brc1cc2cc3c(cc2cc1Br)-c1cc2ccccc2c2cccc-3c12. The minimum atomic E-state index is 1.09. The molecule has 0 N–H and O–H groups in total. The van der Waals surface area contributed by atoms with Crippen molar-refractivity contribution in [3.63, 3.8) is 0 Å². The zero-order valence-corrected chi connectivity index (χ0v) is 16.9. The fraction of sp³-hybridized carbons (Fsp3) is 0. The topological polar surface area (TPSA) is 0 Å². The summed E-state index contributed by atoms with van der Waals surface area (Å²) < 4.78 is 2.17. The van der Waals surface area contributed by atoms with E-state index < -0.39 is 0 Å². The van der Waals surface area contributed by atoms with Gasteiger partial charge >= 0.3 is 0 Å². The maximum Gasteiger partial charge on any atom is 0.0323 e. The van der Waals surface area contributed by atoms with Crippen molar-refractivity contribution in [1.29, 1.82) is 0 Å². The second-order valence-corrected chi connectivity index (χ2v) is 8.59. The van der Waals surface area contributed by atoms with Gasteiger partial charge in [-0.15, -0.1) is 0 Å². The molecule has 122 valence electrons. The second kappa shape index (κ2) is 5.18. The molecule has 0 fully saturated rings. The highest BCUT2D eigenvalue weighted by molar-refractivity contribution is 9.13. The molecule has 5 aromatic carbocycles. The van der Waals surface area contributed by atoms with Crippen LogP contribution in [0.5, 0.6) is 0 Å². The third kappa shape index (κ3) is 1.89. The Bertz CT molecular complexity index is 1400. The lowest BCUT2D eigenvalue weighted by molar-refractivity contribution is 1.64. The summed E-state index contributed by atoms with van der Waals surface area (Å²) in [5.74, 6) is 0. The van der Waals surface area contributed by atoms with Gasteiger partial charge in [0.2, 0.25) is 0 Å². The smallest absolute Gasteiger partial charge is 0.0323 e. The summed E-state index contributed by atoms with van der Waals surface area (Å²) in [4.78, 5) is 0. The normalized spacial score (nSPS) is 12.2. The molecule has 0 amide bonds. The first-order valence-electron chi connectivity index (χ1n) is 8.59. The number of benzene rings is 5. The molecule has 1 aliphatic carbocycles. The lowest BCUT2D eigenvalue weighted by Crippen LogP contribution is -1.81. The van der Waals surface area contributed by atoms with Crippen molar-refractivity contribution in [3.05, 3.63) is 81.7 Å². The summed E-state index contributed by atoms with van der Waals surface area (Å²) in [6.07, 6.45) is 0. The van der Waals surface area contributed by atoms with E-state index in [9.17, 15) is 0 Å². The minimum Gasteiger partial charge on any atom is -0.0616 e. The first kappa shape index (κ1) is 15.0. The predicted octanol–water partition coefficient (Wildman–Crippen LogP) is 8.32. The Morgan fingerprint density at radius 2 is 1.08 bits per heavy atom. The summed E-state index contributed by atoms with van der Waals surface area (Å²) >= 11 is 7.28. The van der Waals surface area contributed by atoms with Gasteiger partial charge in [-0.2, -0.15) is 0 Å². The molecule has 0 saturated carbocycles. The first-order chi connectivity index (χ1) is 12.7. The highest BCUT2D eigenvalue weighted by atomic mass is 79.9. The third-order valence-electron chi connectivity index (χ3n) is 5.48. The molecule has 0 bridgehead atoms. The van der Waals surface area contributed by atoms with Crippen LogP contribution in [0.2, 0.25) is 0 Å². The Balaban J connectivity index is 1.82. The van der Waals surface area contributed by atoms with Crippen molar-refractivity contribution in [2.75, 3.05) is 0 Å². The fourth-order valence-electron chi connectivity index (χ4n) is 4.34. The Morgan fingerprint density at radius 3 is 1.85 bits per heavy atom. The van der Waals surface area contributed by atoms with Crippen LogP contribution in [0.25, 0.3) is 54.6 Å². The van der Waals surface area contributed by atoms with Gasteiger partial charge in [0.25, 0.3) is 0 Å². The second-order valence-electron chi connectivity index (χ2n) is 6.88. The number of rotatable bonds is 0. The highest BCUT2D eigenvalue weighted by Crippen LogP contribution is 2.50. The summed E-state index contributed by atoms with van der Waals surface area (Å²) in [5.41, 5.74) is 5.37. The van der Waals surface area contributed by atoms with Crippen molar-refractivity contribution in [2.45, 2.75) is 0 Å². The molecule has 0 heterocycles. The van der Waals surface area contributed by atoms with Crippen molar-refractivity contribution in [1.82, 2.24) is 0 Å². The number of hydrogen-bond donors (Lipinski definition) is 0. The molecular formula is C24H12Br2. The van der Waals surface area contributed by atoms with E-state index in [4.69, 9.17) is 0 Å². The zero-order chi connectivity index (χ0) is 17.4. The number of fused-ring (bicyclic) bond motifs is 6. The monoisotopic (exact) mass is 458 g/mol. The molecule has 0 atom stereocenters. The Hall–Kier alpha value is -2.16. The molecule has 0 saturated heterocycles. The number of hydrogen-bond acceptors (Lipinski definition) is 0. The summed E-state index contributed by atoms with van der Waals surface area (Å²) in [6.45, 7) is 0. The van der Waals surface area contributed by atoms with E-state index in [2.05, 4.69) is 105 Å². The van der Waals surface area contributed by atoms with Crippen LogP contribution >= 0.6 is 31.9 Å². The molecule has 26 heavy (non-hydrogen) atoms. The van der Waals surface area contributed by atoms with E-state index in [0.717, 1.165) is 8.95 Å². The predicted molar refractivity (Wildman–Crippen MR) is 119 cm³/mol. The molecule has 0 spiro atoms. The summed E-state index contributed by atoms with van der Waals surface area (Å²) in [7, 11) is 0. The molecule has 5 aromatic rings. The van der Waals surface area contributed by atoms with E-state index in [1.165, 1.54) is 54.6 Å². The van der Waals surface area contributed by atoms with Gasteiger partial charge < -0.3 is 0 Å². The Morgan fingerprint density at radius 1 is 0.462 bits per heavy atom. The lowest BCUT2D eigenvalue weighted by Gasteiger charge is -2.08. The molecular weight excluding hydrogens is 448 g/mol. The molecule has 0 radical (unpaired) electrons. The van der Waals surface area contributed by atoms with Crippen LogP contribution in [0.1, 0.15) is 0 Å². The Kier molecular flexibility index (Phi) is 2.98. The molecule has 2 heteroatoms. The van der Waals surface area contributed by atoms with Gasteiger partial charge in [-0.25, -0.2) is 0 Å². The van der Waals surface area contributed by atoms with E-state index in [0.29, 0.717) is 0 Å². The van der Waals surface area contributed by atoms with Crippen LogP contribution in [-0.4, -0.2) is 0 Å². The van der Waals surface area contributed by atoms with Gasteiger partial charge in [0.15, 0.2) is 0 Å². The lowest BCUT2D eigenvalue weighted by atomic mass is 9.96. The quantitative estimate of drug-likeness (QED) is 0.200. The van der Waals surface area contributed by atoms with Crippen LogP contribution in [0.3, 0.4) is 0 Å². The van der Waals surface area contributed by atoms with Crippen molar-refractivity contribution in [2.24, 2.45) is 0 Å². The first-order valence-corrected chi connectivity index (χ1v) is 10.2. The molecule has 0 nitrogen and oxygen atoms in total. The molecule has 1 aliphatic rings. The summed E-state index contributed by atoms with van der Waals surface area (Å²) in [5, 5.41) is 7.88. The van der Waals surface area contributed by atoms with Crippen molar-refractivity contribution < 1.29 is 0 Å². The Labute approximate surface area is 167 Å². The molecule has 0 unspecified atom stereocenters. The maximum absolute atomic E-state index is 3.64. The van der Waals surface area contributed by atoms with Crippen molar-refractivity contribution >= 4 is 64.2 Å². The average molecular weight is 460 g/mol. The minimum absolute atomic E-state index is 1.09. The van der Waals surface area contributed by atoms with Gasteiger partial charge in [-0.1, -0.05) is 42.5 Å². The van der Waals surface area contributed by atoms with Gasteiger partial charge in [0, 0.05) is 8.95 Å². The van der Waals surface area contributed by atoms with Gasteiger partial charge in [0.05, 0.1) is 0 Å². The standard InChI is InChI=1S/C24H12Br2/c25-22-11-14-9-19-18-7-3-6-17-16-5-2-1-4-13(16)8-21(24(17)18)20(19)10-15(14)12-23(22)26/h1-12H. The highest BCUT2D eigenvalue weighted by Gasteiger charge is 2.23. The van der Waals surface area contributed by atoms with Crippen LogP contribution in [-0.2, 0) is 0 Å². The van der Waals surface area contributed by atoms with E-state index in [-0.39, 0.29) is 0 Å². The van der Waals surface area contributed by atoms with Crippen LogP contribution in [0, 0.1) is 0 Å². The van der Waals surface area contributed by atoms with Gasteiger partial charge in [-0.3, -0.25) is 0 Å². The summed E-state index contributed by atoms with van der Waals surface area (Å²) in [6, 6.07) is 26.8. The van der Waals surface area contributed by atoms with E-state index in [1.807, 2.05) is 0 Å². The van der Waals surface area contributed by atoms with Crippen LogP contribution in [0.15, 0.2) is 81.7 Å². The third-order valence-corrected chi connectivity index (χ3v) is 7.32. The van der Waals surface area contributed by atoms with E-state index >= 15 is 0 Å². The molecule has 6 rings (SSSR count). The number of halogens is 2. The molecule has 0 aliphatic heterocycles. The van der Waals surface area contributed by atoms with Crippen molar-refractivity contribution in [3.8, 4) is 22.3 Å².